The van der Waals surface area contributed by atoms with Gasteiger partial charge in [-0.2, -0.15) is 0 Å². The van der Waals surface area contributed by atoms with Crippen LogP contribution in [0.3, 0.4) is 0 Å². The van der Waals surface area contributed by atoms with Gasteiger partial charge in [0.25, 0.3) is 0 Å². The minimum absolute atomic E-state index is 0.0416. The molecule has 118 valence electrons. The van der Waals surface area contributed by atoms with Crippen LogP contribution < -0.4 is 10.5 Å². The molecule has 1 aliphatic carbocycles. The summed E-state index contributed by atoms with van der Waals surface area (Å²) in [4.78, 5) is 0.293. The zero-order chi connectivity index (χ0) is 15.6. The minimum Gasteiger partial charge on any atom is -0.326 e. The fourth-order valence-corrected chi connectivity index (χ4v) is 5.16. The van der Waals surface area contributed by atoms with Crippen molar-refractivity contribution in [2.45, 2.75) is 57.0 Å². The summed E-state index contributed by atoms with van der Waals surface area (Å²) in [5.41, 5.74) is 7.36. The van der Waals surface area contributed by atoms with Crippen LogP contribution >= 0.6 is 15.9 Å². The van der Waals surface area contributed by atoms with Gasteiger partial charge in [0.15, 0.2) is 0 Å². The van der Waals surface area contributed by atoms with Crippen molar-refractivity contribution in [1.29, 1.82) is 0 Å². The lowest BCUT2D eigenvalue weighted by atomic mass is 9.88. The third kappa shape index (κ3) is 4.06. The van der Waals surface area contributed by atoms with Gasteiger partial charge in [-0.25, -0.2) is 13.1 Å². The van der Waals surface area contributed by atoms with Crippen LogP contribution in [0, 0.1) is 12.8 Å². The molecule has 1 aliphatic rings. The third-order valence-corrected chi connectivity index (χ3v) is 7.00. The van der Waals surface area contributed by atoms with Gasteiger partial charge in [0, 0.05) is 17.1 Å². The lowest BCUT2D eigenvalue weighted by Crippen LogP contribution is -2.37. The SMILES string of the molecule is Cc1cc(CN)cc(S(=O)(=O)NC2CCC(C)CC2)c1Br. The second kappa shape index (κ2) is 6.77. The van der Waals surface area contributed by atoms with Gasteiger partial charge >= 0.3 is 0 Å². The molecule has 0 bridgehead atoms. The Bertz CT molecular complexity index is 608. The number of hydrogen-bond donors (Lipinski definition) is 2. The van der Waals surface area contributed by atoms with Gasteiger partial charge in [0.05, 0.1) is 4.90 Å². The lowest BCUT2D eigenvalue weighted by molar-refractivity contribution is 0.332. The van der Waals surface area contributed by atoms with Crippen molar-refractivity contribution in [2.24, 2.45) is 11.7 Å². The van der Waals surface area contributed by atoms with E-state index in [1.807, 2.05) is 13.0 Å². The highest BCUT2D eigenvalue weighted by Crippen LogP contribution is 2.29. The minimum atomic E-state index is -3.52. The van der Waals surface area contributed by atoms with Crippen molar-refractivity contribution >= 4 is 26.0 Å². The van der Waals surface area contributed by atoms with E-state index >= 15 is 0 Å². The molecule has 0 radical (unpaired) electrons. The molecule has 0 atom stereocenters. The molecule has 0 amide bonds. The van der Waals surface area contributed by atoms with Gasteiger partial charge in [-0.3, -0.25) is 0 Å². The van der Waals surface area contributed by atoms with E-state index in [1.54, 1.807) is 6.07 Å². The molecule has 0 saturated heterocycles. The fraction of sp³-hybridized carbons (Fsp3) is 0.600. The molecule has 0 aromatic heterocycles. The highest BCUT2D eigenvalue weighted by Gasteiger charge is 2.26. The topological polar surface area (TPSA) is 72.2 Å². The summed E-state index contributed by atoms with van der Waals surface area (Å²) in [7, 11) is -3.52. The molecule has 0 unspecified atom stereocenters. The average Bonchev–Trinajstić information content (AvgIpc) is 2.43. The summed E-state index contributed by atoms with van der Waals surface area (Å²) in [6.45, 7) is 4.43. The zero-order valence-electron chi connectivity index (χ0n) is 12.5. The first-order valence-electron chi connectivity index (χ1n) is 7.35. The third-order valence-electron chi connectivity index (χ3n) is 4.14. The van der Waals surface area contributed by atoms with E-state index in [9.17, 15) is 8.42 Å². The highest BCUT2D eigenvalue weighted by molar-refractivity contribution is 9.10. The Kier molecular flexibility index (Phi) is 5.46. The maximum atomic E-state index is 12.6. The van der Waals surface area contributed by atoms with E-state index in [2.05, 4.69) is 27.6 Å². The number of nitrogens with one attached hydrogen (secondary N) is 1. The quantitative estimate of drug-likeness (QED) is 0.850. The maximum absolute atomic E-state index is 12.6. The second-order valence-corrected chi connectivity index (χ2v) is 8.48. The molecule has 0 aliphatic heterocycles. The van der Waals surface area contributed by atoms with Gasteiger partial charge in [-0.05, 0) is 71.6 Å². The van der Waals surface area contributed by atoms with E-state index in [-0.39, 0.29) is 6.04 Å². The van der Waals surface area contributed by atoms with Gasteiger partial charge in [-0.1, -0.05) is 13.0 Å². The Morgan fingerprint density at radius 3 is 2.48 bits per heavy atom. The molecule has 1 fully saturated rings. The largest absolute Gasteiger partial charge is 0.326 e. The summed E-state index contributed by atoms with van der Waals surface area (Å²) < 4.78 is 28.8. The summed E-state index contributed by atoms with van der Waals surface area (Å²) in [6, 6.07) is 3.61. The first-order valence-corrected chi connectivity index (χ1v) is 9.62. The van der Waals surface area contributed by atoms with Crippen molar-refractivity contribution in [3.05, 3.63) is 27.7 Å². The predicted molar refractivity (Wildman–Crippen MR) is 88.5 cm³/mol. The molecule has 1 aromatic carbocycles. The Labute approximate surface area is 135 Å². The van der Waals surface area contributed by atoms with Crippen LogP contribution in [0.2, 0.25) is 0 Å². The van der Waals surface area contributed by atoms with Gasteiger partial charge < -0.3 is 5.73 Å². The molecule has 3 N–H and O–H groups in total. The van der Waals surface area contributed by atoms with Crippen molar-refractivity contribution in [1.82, 2.24) is 4.72 Å². The van der Waals surface area contributed by atoms with E-state index in [1.165, 1.54) is 0 Å². The number of halogens is 1. The number of rotatable bonds is 4. The summed E-state index contributed by atoms with van der Waals surface area (Å²) >= 11 is 3.39. The molecule has 0 spiro atoms. The second-order valence-electron chi connectivity index (χ2n) is 6.01. The highest BCUT2D eigenvalue weighted by atomic mass is 79.9. The normalized spacial score (nSPS) is 23.2. The number of hydrogen-bond acceptors (Lipinski definition) is 3. The number of aryl methyl sites for hydroxylation is 1. The number of nitrogens with two attached hydrogens (primary N) is 1. The lowest BCUT2D eigenvalue weighted by Gasteiger charge is -2.27. The van der Waals surface area contributed by atoms with E-state index in [0.717, 1.165) is 36.8 Å². The van der Waals surface area contributed by atoms with Crippen LogP contribution in [0.15, 0.2) is 21.5 Å². The molecule has 1 saturated carbocycles. The van der Waals surface area contributed by atoms with E-state index in [4.69, 9.17) is 5.73 Å². The van der Waals surface area contributed by atoms with Gasteiger partial charge in [0.2, 0.25) is 10.0 Å². The number of sulfonamides is 1. The molecular weight excluding hydrogens is 352 g/mol. The Morgan fingerprint density at radius 2 is 1.90 bits per heavy atom. The van der Waals surface area contributed by atoms with Crippen LogP contribution in [-0.2, 0) is 16.6 Å². The Morgan fingerprint density at radius 1 is 1.29 bits per heavy atom. The molecule has 21 heavy (non-hydrogen) atoms. The standard InChI is InChI=1S/C15H23BrN2O2S/c1-10-3-5-13(6-4-10)18-21(19,20)14-8-12(9-17)7-11(2)15(14)16/h7-8,10,13,18H,3-6,9,17H2,1-2H3. The first-order chi connectivity index (χ1) is 9.83. The summed E-state index contributed by atoms with van der Waals surface area (Å²) in [5, 5.41) is 0. The summed E-state index contributed by atoms with van der Waals surface area (Å²) in [5.74, 6) is 0.695. The number of benzene rings is 1. The Hall–Kier alpha value is -0.430. The monoisotopic (exact) mass is 374 g/mol. The molecule has 4 nitrogen and oxygen atoms in total. The van der Waals surface area contributed by atoms with Crippen molar-refractivity contribution in [3.63, 3.8) is 0 Å². The van der Waals surface area contributed by atoms with Crippen LogP contribution in [0.1, 0.15) is 43.7 Å². The van der Waals surface area contributed by atoms with Crippen LogP contribution in [0.5, 0.6) is 0 Å². The van der Waals surface area contributed by atoms with Crippen LogP contribution in [0.25, 0.3) is 0 Å². The maximum Gasteiger partial charge on any atom is 0.241 e. The average molecular weight is 375 g/mol. The predicted octanol–water partition coefficient (Wildman–Crippen LogP) is 3.07. The molecule has 2 rings (SSSR count). The zero-order valence-corrected chi connectivity index (χ0v) is 14.9. The molecular formula is C15H23BrN2O2S. The first kappa shape index (κ1) is 16.9. The van der Waals surface area contributed by atoms with Crippen molar-refractivity contribution in [2.75, 3.05) is 0 Å². The summed E-state index contributed by atoms with van der Waals surface area (Å²) in [6.07, 6.45) is 3.98. The van der Waals surface area contributed by atoms with Crippen molar-refractivity contribution < 1.29 is 8.42 Å². The fourth-order valence-electron chi connectivity index (χ4n) is 2.78. The van der Waals surface area contributed by atoms with Gasteiger partial charge in [0.1, 0.15) is 0 Å². The van der Waals surface area contributed by atoms with Crippen LogP contribution in [0.4, 0.5) is 0 Å². The smallest absolute Gasteiger partial charge is 0.241 e. The Balaban J connectivity index is 2.25. The van der Waals surface area contributed by atoms with E-state index < -0.39 is 10.0 Å². The van der Waals surface area contributed by atoms with Gasteiger partial charge in [-0.15, -0.1) is 0 Å². The van der Waals surface area contributed by atoms with Crippen LogP contribution in [-0.4, -0.2) is 14.5 Å². The van der Waals surface area contributed by atoms with E-state index in [0.29, 0.717) is 21.8 Å². The molecule has 6 heteroatoms. The molecule has 1 aromatic rings. The van der Waals surface area contributed by atoms with Crippen molar-refractivity contribution in [3.8, 4) is 0 Å². The molecule has 0 heterocycles.